The Morgan fingerprint density at radius 1 is 1.62 bits per heavy atom. The van der Waals surface area contributed by atoms with E-state index in [0.717, 1.165) is 0 Å². The summed E-state index contributed by atoms with van der Waals surface area (Å²) in [5.41, 5.74) is -0.491. The quantitative estimate of drug-likeness (QED) is 0.644. The van der Waals surface area contributed by atoms with Crippen LogP contribution in [0.15, 0.2) is 0 Å². The van der Waals surface area contributed by atoms with Crippen molar-refractivity contribution in [1.29, 1.82) is 0 Å². The molecule has 0 bridgehead atoms. The van der Waals surface area contributed by atoms with Crippen LogP contribution in [0.2, 0.25) is 0 Å². The molecule has 4 nitrogen and oxygen atoms in total. The fraction of sp³-hybridized carbons (Fsp3) is 0.889. The zero-order valence-corrected chi connectivity index (χ0v) is 8.42. The van der Waals surface area contributed by atoms with E-state index in [2.05, 4.69) is 5.32 Å². The monoisotopic (exact) mass is 187 g/mol. The van der Waals surface area contributed by atoms with Gasteiger partial charge in [-0.25, -0.2) is 0 Å². The highest BCUT2D eigenvalue weighted by atomic mass is 16.5. The van der Waals surface area contributed by atoms with E-state index in [1.54, 1.807) is 7.05 Å². The topological polar surface area (TPSA) is 47.6 Å². The first-order chi connectivity index (χ1) is 6.18. The van der Waals surface area contributed by atoms with E-state index in [-0.39, 0.29) is 12.1 Å². The molecule has 1 aliphatic carbocycles. The van der Waals surface area contributed by atoms with Gasteiger partial charge in [-0.2, -0.15) is 0 Å². The van der Waals surface area contributed by atoms with Crippen molar-refractivity contribution in [3.63, 3.8) is 0 Å². The Labute approximate surface area is 78.6 Å². The van der Waals surface area contributed by atoms with Gasteiger partial charge in [0.25, 0.3) is 0 Å². The zero-order chi connectivity index (χ0) is 9.90. The van der Waals surface area contributed by atoms with Gasteiger partial charge < -0.3 is 14.8 Å². The van der Waals surface area contributed by atoms with Crippen LogP contribution in [0.1, 0.15) is 19.8 Å². The third-order valence-electron chi connectivity index (χ3n) is 2.61. The standard InChI is InChI=1S/C9H17NO3/c1-4-13-7-5-9(6-7,10-2)8(11)12-3/h7,10H,4-6H2,1-3H3. The molecule has 0 unspecified atom stereocenters. The van der Waals surface area contributed by atoms with Crippen LogP contribution in [0.5, 0.6) is 0 Å². The molecule has 1 rings (SSSR count). The van der Waals surface area contributed by atoms with Crippen molar-refractivity contribution in [1.82, 2.24) is 5.32 Å². The normalized spacial score (nSPS) is 32.4. The Hall–Kier alpha value is -0.610. The van der Waals surface area contributed by atoms with Crippen LogP contribution in [0, 0.1) is 0 Å². The van der Waals surface area contributed by atoms with E-state index in [9.17, 15) is 4.79 Å². The van der Waals surface area contributed by atoms with Gasteiger partial charge in [0.1, 0.15) is 5.54 Å². The van der Waals surface area contributed by atoms with Gasteiger partial charge in [-0.05, 0) is 14.0 Å². The maximum absolute atomic E-state index is 11.4. The molecule has 0 heterocycles. The van der Waals surface area contributed by atoms with Crippen molar-refractivity contribution in [2.45, 2.75) is 31.4 Å². The Balaban J connectivity index is 2.45. The average Bonchev–Trinajstić information content (AvgIpc) is 2.09. The van der Waals surface area contributed by atoms with Crippen LogP contribution < -0.4 is 5.32 Å². The number of rotatable bonds is 4. The van der Waals surface area contributed by atoms with Crippen molar-refractivity contribution in [3.05, 3.63) is 0 Å². The second-order valence-electron chi connectivity index (χ2n) is 3.31. The molecular formula is C9H17NO3. The summed E-state index contributed by atoms with van der Waals surface area (Å²) in [5, 5.41) is 3.00. The predicted octanol–water partition coefficient (Wildman–Crippen LogP) is 0.317. The molecule has 76 valence electrons. The number of methoxy groups -OCH3 is 1. The minimum atomic E-state index is -0.491. The van der Waals surface area contributed by atoms with E-state index in [1.165, 1.54) is 7.11 Å². The van der Waals surface area contributed by atoms with E-state index in [1.807, 2.05) is 6.92 Å². The van der Waals surface area contributed by atoms with Crippen molar-refractivity contribution in [2.24, 2.45) is 0 Å². The summed E-state index contributed by atoms with van der Waals surface area (Å²) in [5.74, 6) is -0.189. The van der Waals surface area contributed by atoms with Gasteiger partial charge in [0.15, 0.2) is 0 Å². The average molecular weight is 187 g/mol. The highest BCUT2D eigenvalue weighted by Gasteiger charge is 2.50. The third-order valence-corrected chi connectivity index (χ3v) is 2.61. The molecule has 0 aliphatic heterocycles. The highest BCUT2D eigenvalue weighted by Crippen LogP contribution is 2.35. The molecule has 1 aliphatic rings. The lowest BCUT2D eigenvalue weighted by Crippen LogP contribution is -2.62. The third kappa shape index (κ3) is 1.84. The summed E-state index contributed by atoms with van der Waals surface area (Å²) < 4.78 is 10.1. The molecule has 1 saturated carbocycles. The lowest BCUT2D eigenvalue weighted by atomic mass is 9.74. The number of likely N-dealkylation sites (N-methyl/N-ethyl adjacent to an activating group) is 1. The van der Waals surface area contributed by atoms with Gasteiger partial charge in [0, 0.05) is 19.4 Å². The first kappa shape index (κ1) is 10.5. The van der Waals surface area contributed by atoms with Gasteiger partial charge >= 0.3 is 5.97 Å². The lowest BCUT2D eigenvalue weighted by molar-refractivity contribution is -0.160. The molecular weight excluding hydrogens is 170 g/mol. The van der Waals surface area contributed by atoms with Crippen molar-refractivity contribution in [3.8, 4) is 0 Å². The molecule has 0 atom stereocenters. The van der Waals surface area contributed by atoms with E-state index in [0.29, 0.717) is 19.4 Å². The summed E-state index contributed by atoms with van der Waals surface area (Å²) in [6, 6.07) is 0. The molecule has 0 aromatic heterocycles. The number of nitrogens with one attached hydrogen (secondary N) is 1. The Morgan fingerprint density at radius 2 is 2.23 bits per heavy atom. The van der Waals surface area contributed by atoms with Gasteiger partial charge in [-0.3, -0.25) is 4.79 Å². The first-order valence-corrected chi connectivity index (χ1v) is 4.57. The summed E-state index contributed by atoms with van der Waals surface area (Å²) in [7, 11) is 3.19. The molecule has 0 amide bonds. The molecule has 0 aromatic carbocycles. The Kier molecular flexibility index (Phi) is 3.27. The molecule has 0 saturated heterocycles. The van der Waals surface area contributed by atoms with Crippen molar-refractivity contribution >= 4 is 5.97 Å². The number of ether oxygens (including phenoxy) is 2. The molecule has 0 aromatic rings. The lowest BCUT2D eigenvalue weighted by Gasteiger charge is -2.44. The number of carbonyl (C=O) groups excluding carboxylic acids is 1. The van der Waals surface area contributed by atoms with Crippen molar-refractivity contribution in [2.75, 3.05) is 20.8 Å². The van der Waals surface area contributed by atoms with Crippen molar-refractivity contribution < 1.29 is 14.3 Å². The highest BCUT2D eigenvalue weighted by molar-refractivity contribution is 5.82. The Morgan fingerprint density at radius 3 is 2.62 bits per heavy atom. The number of carbonyl (C=O) groups is 1. The Bertz CT molecular complexity index is 187. The van der Waals surface area contributed by atoms with Crippen LogP contribution >= 0.6 is 0 Å². The fourth-order valence-corrected chi connectivity index (χ4v) is 1.74. The zero-order valence-electron chi connectivity index (χ0n) is 8.42. The molecule has 4 heteroatoms. The van der Waals surface area contributed by atoms with E-state index < -0.39 is 5.54 Å². The molecule has 0 radical (unpaired) electrons. The predicted molar refractivity (Wildman–Crippen MR) is 48.5 cm³/mol. The van der Waals surface area contributed by atoms with Crippen LogP contribution in [0.25, 0.3) is 0 Å². The summed E-state index contributed by atoms with van der Waals surface area (Å²) in [4.78, 5) is 11.4. The smallest absolute Gasteiger partial charge is 0.326 e. The van der Waals surface area contributed by atoms with Gasteiger partial charge in [0.05, 0.1) is 13.2 Å². The van der Waals surface area contributed by atoms with Crippen LogP contribution in [-0.2, 0) is 14.3 Å². The molecule has 1 fully saturated rings. The summed E-state index contributed by atoms with van der Waals surface area (Å²) in [6.45, 7) is 2.66. The summed E-state index contributed by atoms with van der Waals surface area (Å²) in [6.07, 6.45) is 1.63. The largest absolute Gasteiger partial charge is 0.468 e. The minimum Gasteiger partial charge on any atom is -0.468 e. The van der Waals surface area contributed by atoms with E-state index in [4.69, 9.17) is 9.47 Å². The van der Waals surface area contributed by atoms with Crippen LogP contribution in [-0.4, -0.2) is 38.4 Å². The molecule has 13 heavy (non-hydrogen) atoms. The second-order valence-corrected chi connectivity index (χ2v) is 3.31. The van der Waals surface area contributed by atoms with Gasteiger partial charge in [-0.1, -0.05) is 0 Å². The van der Waals surface area contributed by atoms with E-state index >= 15 is 0 Å². The maximum Gasteiger partial charge on any atom is 0.326 e. The van der Waals surface area contributed by atoms with Crippen LogP contribution in [0.4, 0.5) is 0 Å². The fourth-order valence-electron chi connectivity index (χ4n) is 1.74. The number of esters is 1. The SMILES string of the molecule is CCOC1CC(NC)(C(=O)OC)C1. The number of hydrogen-bond acceptors (Lipinski definition) is 4. The minimum absolute atomic E-state index is 0.189. The maximum atomic E-state index is 11.4. The molecule has 0 spiro atoms. The van der Waals surface area contributed by atoms with Gasteiger partial charge in [0.2, 0.25) is 0 Å². The first-order valence-electron chi connectivity index (χ1n) is 4.57. The number of hydrogen-bond donors (Lipinski definition) is 1. The summed E-state index contributed by atoms with van der Waals surface area (Å²) >= 11 is 0. The second kappa shape index (κ2) is 4.07. The van der Waals surface area contributed by atoms with Gasteiger partial charge in [-0.15, -0.1) is 0 Å². The molecule has 1 N–H and O–H groups in total. The van der Waals surface area contributed by atoms with Crippen LogP contribution in [0.3, 0.4) is 0 Å².